The third-order valence-corrected chi connectivity index (χ3v) is 2.58. The third-order valence-electron chi connectivity index (χ3n) is 2.58. The van der Waals surface area contributed by atoms with Gasteiger partial charge < -0.3 is 15.4 Å². The summed E-state index contributed by atoms with van der Waals surface area (Å²) in [6, 6.07) is 4.56. The second-order valence-electron chi connectivity index (χ2n) is 3.92. The van der Waals surface area contributed by atoms with Gasteiger partial charge in [-0.2, -0.15) is 0 Å². The molecular formula is C13H17FN2O3. The molecule has 0 aliphatic heterocycles. The maximum Gasteiger partial charge on any atom is 0.239 e. The monoisotopic (exact) mass is 268 g/mol. The molecule has 0 aliphatic rings. The summed E-state index contributed by atoms with van der Waals surface area (Å²) in [4.78, 5) is 22.4. The lowest BCUT2D eigenvalue weighted by Gasteiger charge is -2.06. The van der Waals surface area contributed by atoms with Crippen molar-refractivity contribution in [2.24, 2.45) is 0 Å². The van der Waals surface area contributed by atoms with Crippen LogP contribution < -0.4 is 15.4 Å². The van der Waals surface area contributed by atoms with E-state index in [0.717, 1.165) is 0 Å². The molecule has 0 fully saturated rings. The van der Waals surface area contributed by atoms with Gasteiger partial charge in [0.2, 0.25) is 11.8 Å². The van der Waals surface area contributed by atoms with Crippen LogP contribution in [0.4, 0.5) is 4.39 Å². The van der Waals surface area contributed by atoms with E-state index >= 15 is 0 Å². The Hall–Kier alpha value is -2.11. The largest absolute Gasteiger partial charge is 0.494 e. The normalized spacial score (nSPS) is 9.84. The van der Waals surface area contributed by atoms with E-state index in [2.05, 4.69) is 10.6 Å². The number of amides is 2. The summed E-state index contributed by atoms with van der Waals surface area (Å²) in [7, 11) is 2.89. The summed E-state index contributed by atoms with van der Waals surface area (Å²) in [5, 5.41) is 4.87. The highest BCUT2D eigenvalue weighted by Crippen LogP contribution is 2.18. The molecule has 2 amide bonds. The molecule has 5 nitrogen and oxygen atoms in total. The van der Waals surface area contributed by atoms with Gasteiger partial charge in [-0.15, -0.1) is 0 Å². The molecule has 0 spiro atoms. The Balaban J connectivity index is 2.42. The molecule has 0 aromatic heterocycles. The van der Waals surface area contributed by atoms with Crippen molar-refractivity contribution < 1.29 is 18.7 Å². The van der Waals surface area contributed by atoms with Gasteiger partial charge in [0.25, 0.3) is 0 Å². The molecule has 1 aromatic rings. The standard InChI is InChI=1S/C13H17FN2O3/c1-15-13(18)8-16-12(17)6-4-9-3-5-11(19-2)10(14)7-9/h3,5,7H,4,6,8H2,1-2H3,(H,15,18)(H,16,17). The number of halogens is 1. The Morgan fingerprint density at radius 3 is 2.63 bits per heavy atom. The van der Waals surface area contributed by atoms with E-state index in [0.29, 0.717) is 12.0 Å². The van der Waals surface area contributed by atoms with Crippen molar-refractivity contribution in [3.8, 4) is 5.75 Å². The predicted molar refractivity (Wildman–Crippen MR) is 68.3 cm³/mol. The van der Waals surface area contributed by atoms with Gasteiger partial charge in [-0.3, -0.25) is 9.59 Å². The number of carbonyl (C=O) groups is 2. The molecule has 0 saturated heterocycles. The Kier molecular flexibility index (Phi) is 5.78. The number of methoxy groups -OCH3 is 1. The van der Waals surface area contributed by atoms with Crippen LogP contribution >= 0.6 is 0 Å². The van der Waals surface area contributed by atoms with Crippen molar-refractivity contribution in [3.63, 3.8) is 0 Å². The average molecular weight is 268 g/mol. The molecule has 19 heavy (non-hydrogen) atoms. The molecule has 0 heterocycles. The molecule has 0 radical (unpaired) electrons. The Labute approximate surface area is 111 Å². The third kappa shape index (κ3) is 4.95. The second-order valence-corrected chi connectivity index (χ2v) is 3.92. The minimum Gasteiger partial charge on any atom is -0.494 e. The van der Waals surface area contributed by atoms with Crippen LogP contribution in [0.15, 0.2) is 18.2 Å². The van der Waals surface area contributed by atoms with Crippen molar-refractivity contribution in [1.82, 2.24) is 10.6 Å². The number of rotatable bonds is 6. The number of likely N-dealkylation sites (N-methyl/N-ethyl adjacent to an activating group) is 1. The second kappa shape index (κ2) is 7.35. The fraction of sp³-hybridized carbons (Fsp3) is 0.385. The van der Waals surface area contributed by atoms with E-state index in [1.165, 1.54) is 26.3 Å². The molecule has 2 N–H and O–H groups in total. The van der Waals surface area contributed by atoms with Crippen LogP contribution in [-0.4, -0.2) is 32.5 Å². The van der Waals surface area contributed by atoms with Crippen LogP contribution in [0.1, 0.15) is 12.0 Å². The molecule has 1 rings (SSSR count). The number of nitrogens with one attached hydrogen (secondary N) is 2. The van der Waals surface area contributed by atoms with Crippen LogP contribution in [0, 0.1) is 5.82 Å². The van der Waals surface area contributed by atoms with Crippen molar-refractivity contribution in [1.29, 1.82) is 0 Å². The topological polar surface area (TPSA) is 67.4 Å². The van der Waals surface area contributed by atoms with Crippen LogP contribution in [0.25, 0.3) is 0 Å². The zero-order valence-corrected chi connectivity index (χ0v) is 11.0. The van der Waals surface area contributed by atoms with Gasteiger partial charge in [-0.1, -0.05) is 6.07 Å². The SMILES string of the molecule is CNC(=O)CNC(=O)CCc1ccc(OC)c(F)c1. The number of carbonyl (C=O) groups excluding carboxylic acids is 2. The van der Waals surface area contributed by atoms with E-state index in [-0.39, 0.29) is 30.5 Å². The lowest BCUT2D eigenvalue weighted by Crippen LogP contribution is -2.35. The molecule has 0 atom stereocenters. The smallest absolute Gasteiger partial charge is 0.239 e. The number of aryl methyl sites for hydroxylation is 1. The van der Waals surface area contributed by atoms with Gasteiger partial charge in [0.15, 0.2) is 11.6 Å². The minimum atomic E-state index is -0.453. The molecule has 104 valence electrons. The molecule has 0 aliphatic carbocycles. The van der Waals surface area contributed by atoms with Gasteiger partial charge >= 0.3 is 0 Å². The van der Waals surface area contributed by atoms with Crippen LogP contribution in [0.3, 0.4) is 0 Å². The van der Waals surface area contributed by atoms with Gasteiger partial charge in [-0.05, 0) is 24.1 Å². The Bertz CT molecular complexity index is 463. The average Bonchev–Trinajstić information content (AvgIpc) is 2.42. The first-order valence-corrected chi connectivity index (χ1v) is 5.86. The van der Waals surface area contributed by atoms with E-state index < -0.39 is 5.82 Å². The highest BCUT2D eigenvalue weighted by atomic mass is 19.1. The van der Waals surface area contributed by atoms with Crippen molar-refractivity contribution in [3.05, 3.63) is 29.6 Å². The summed E-state index contributed by atoms with van der Waals surface area (Å²) < 4.78 is 18.2. The lowest BCUT2D eigenvalue weighted by atomic mass is 10.1. The maximum atomic E-state index is 13.4. The summed E-state index contributed by atoms with van der Waals surface area (Å²) in [5.74, 6) is -0.790. The van der Waals surface area contributed by atoms with Crippen molar-refractivity contribution in [2.75, 3.05) is 20.7 Å². The summed E-state index contributed by atoms with van der Waals surface area (Å²) in [6.45, 7) is -0.0493. The highest BCUT2D eigenvalue weighted by molar-refractivity contribution is 5.84. The fourth-order valence-electron chi connectivity index (χ4n) is 1.48. The van der Waals surface area contributed by atoms with E-state index in [9.17, 15) is 14.0 Å². The highest BCUT2D eigenvalue weighted by Gasteiger charge is 2.07. The number of benzene rings is 1. The van der Waals surface area contributed by atoms with Crippen molar-refractivity contribution in [2.45, 2.75) is 12.8 Å². The summed E-state index contributed by atoms with van der Waals surface area (Å²) in [6.07, 6.45) is 0.600. The Morgan fingerprint density at radius 1 is 1.32 bits per heavy atom. The number of hydrogen-bond acceptors (Lipinski definition) is 3. The van der Waals surface area contributed by atoms with E-state index in [1.54, 1.807) is 6.07 Å². The quantitative estimate of drug-likeness (QED) is 0.795. The van der Waals surface area contributed by atoms with Gasteiger partial charge in [0, 0.05) is 13.5 Å². The molecule has 0 unspecified atom stereocenters. The van der Waals surface area contributed by atoms with Gasteiger partial charge in [-0.25, -0.2) is 4.39 Å². The number of hydrogen-bond donors (Lipinski definition) is 2. The zero-order chi connectivity index (χ0) is 14.3. The van der Waals surface area contributed by atoms with Crippen LogP contribution in [0.5, 0.6) is 5.75 Å². The lowest BCUT2D eigenvalue weighted by molar-refractivity contribution is -0.125. The van der Waals surface area contributed by atoms with Crippen LogP contribution in [0.2, 0.25) is 0 Å². The Morgan fingerprint density at radius 2 is 2.05 bits per heavy atom. The first kappa shape index (κ1) is 14.9. The van der Waals surface area contributed by atoms with Crippen LogP contribution in [-0.2, 0) is 16.0 Å². The summed E-state index contributed by atoms with van der Waals surface area (Å²) >= 11 is 0. The van der Waals surface area contributed by atoms with E-state index in [4.69, 9.17) is 4.74 Å². The van der Waals surface area contributed by atoms with Gasteiger partial charge in [0.05, 0.1) is 13.7 Å². The summed E-state index contributed by atoms with van der Waals surface area (Å²) in [5.41, 5.74) is 0.702. The number of ether oxygens (including phenoxy) is 1. The molecule has 6 heteroatoms. The first-order chi connectivity index (χ1) is 9.06. The molecular weight excluding hydrogens is 251 g/mol. The minimum absolute atomic E-state index is 0.0493. The molecule has 0 saturated carbocycles. The molecule has 0 bridgehead atoms. The predicted octanol–water partition coefficient (Wildman–Crippen LogP) is 0.629. The van der Waals surface area contributed by atoms with Gasteiger partial charge in [0.1, 0.15) is 0 Å². The fourth-order valence-corrected chi connectivity index (χ4v) is 1.48. The van der Waals surface area contributed by atoms with Crippen molar-refractivity contribution >= 4 is 11.8 Å². The molecule has 1 aromatic carbocycles. The van der Waals surface area contributed by atoms with E-state index in [1.807, 2.05) is 0 Å². The zero-order valence-electron chi connectivity index (χ0n) is 11.0. The maximum absolute atomic E-state index is 13.4. The first-order valence-electron chi connectivity index (χ1n) is 5.86.